The minimum absolute atomic E-state index is 0. The average molecular weight is 311 g/mol. The summed E-state index contributed by atoms with van der Waals surface area (Å²) in [6.45, 7) is 3.38. The Morgan fingerprint density at radius 3 is 2.95 bits per heavy atom. The molecule has 2 heterocycles. The molecule has 2 aliphatic rings. The molecule has 0 radical (unpaired) electrons. The molecule has 0 bridgehead atoms. The highest BCUT2D eigenvalue weighted by atomic mass is 35.5. The van der Waals surface area contributed by atoms with E-state index in [1.165, 1.54) is 11.1 Å². The largest absolute Gasteiger partial charge is 0.364 e. The fraction of sp³-hybridized carbons (Fsp3) is 0.562. The van der Waals surface area contributed by atoms with Gasteiger partial charge >= 0.3 is 0 Å². The Morgan fingerprint density at radius 1 is 1.43 bits per heavy atom. The number of benzene rings is 1. The maximum atomic E-state index is 12.7. The molecule has 116 valence electrons. The maximum Gasteiger partial charge on any atom is 0.256 e. The number of hydrogen-bond donors (Lipinski definition) is 1. The van der Waals surface area contributed by atoms with Crippen molar-refractivity contribution < 1.29 is 9.53 Å². The summed E-state index contributed by atoms with van der Waals surface area (Å²) in [6.07, 6.45) is 3.49. The molecule has 2 N–H and O–H groups in total. The molecule has 3 rings (SSSR count). The van der Waals surface area contributed by atoms with Crippen molar-refractivity contribution in [2.75, 3.05) is 18.0 Å². The first-order chi connectivity index (χ1) is 9.69. The third-order valence-corrected chi connectivity index (χ3v) is 4.27. The summed E-state index contributed by atoms with van der Waals surface area (Å²) in [7, 11) is 0. The smallest absolute Gasteiger partial charge is 0.256 e. The molecule has 0 aliphatic carbocycles. The number of halogens is 1. The van der Waals surface area contributed by atoms with Crippen molar-refractivity contribution in [1.29, 1.82) is 0 Å². The fourth-order valence-electron chi connectivity index (χ4n) is 3.19. The monoisotopic (exact) mass is 310 g/mol. The molecule has 0 unspecified atom stereocenters. The minimum Gasteiger partial charge on any atom is -0.364 e. The SMILES string of the molecule is Cc1ccc2c(c1)CCCN2C(=O)[C@@H]1CC[C@H](CN)O1.Cl. The molecule has 5 heteroatoms. The van der Waals surface area contributed by atoms with E-state index in [1.807, 2.05) is 4.90 Å². The molecule has 0 spiro atoms. The Morgan fingerprint density at radius 2 is 2.24 bits per heavy atom. The molecule has 1 fully saturated rings. The van der Waals surface area contributed by atoms with E-state index in [2.05, 4.69) is 25.1 Å². The van der Waals surface area contributed by atoms with Gasteiger partial charge in [0.1, 0.15) is 6.10 Å². The predicted molar refractivity (Wildman–Crippen MR) is 86.1 cm³/mol. The molecule has 2 atom stereocenters. The number of nitrogens with zero attached hydrogens (tertiary/aromatic N) is 1. The second kappa shape index (κ2) is 6.77. The lowest BCUT2D eigenvalue weighted by molar-refractivity contribution is -0.129. The van der Waals surface area contributed by atoms with Crippen LogP contribution in [0, 0.1) is 6.92 Å². The van der Waals surface area contributed by atoms with Crippen LogP contribution in [0.15, 0.2) is 18.2 Å². The highest BCUT2D eigenvalue weighted by molar-refractivity contribution is 5.97. The van der Waals surface area contributed by atoms with Gasteiger partial charge in [-0.25, -0.2) is 0 Å². The van der Waals surface area contributed by atoms with E-state index in [0.717, 1.165) is 37.9 Å². The molecule has 1 saturated heterocycles. The minimum atomic E-state index is -0.309. The Hall–Kier alpha value is -1.10. The summed E-state index contributed by atoms with van der Waals surface area (Å²) >= 11 is 0. The van der Waals surface area contributed by atoms with Crippen LogP contribution in [0.2, 0.25) is 0 Å². The first-order valence-electron chi connectivity index (χ1n) is 7.45. The first-order valence-corrected chi connectivity index (χ1v) is 7.45. The van der Waals surface area contributed by atoms with E-state index in [-0.39, 0.29) is 30.5 Å². The first kappa shape index (κ1) is 16.3. The normalized spacial score (nSPS) is 24.4. The number of ether oxygens (including phenoxy) is 1. The zero-order chi connectivity index (χ0) is 14.1. The van der Waals surface area contributed by atoms with Gasteiger partial charge in [0.2, 0.25) is 0 Å². The van der Waals surface area contributed by atoms with Crippen molar-refractivity contribution >= 4 is 24.0 Å². The summed E-state index contributed by atoms with van der Waals surface area (Å²) in [4.78, 5) is 14.6. The van der Waals surface area contributed by atoms with Crippen LogP contribution >= 0.6 is 12.4 Å². The highest BCUT2D eigenvalue weighted by Crippen LogP contribution is 2.30. The van der Waals surface area contributed by atoms with Crippen LogP contribution in [0.5, 0.6) is 0 Å². The van der Waals surface area contributed by atoms with Crippen molar-refractivity contribution in [3.63, 3.8) is 0 Å². The Labute approximate surface area is 132 Å². The van der Waals surface area contributed by atoms with E-state index in [0.29, 0.717) is 6.54 Å². The van der Waals surface area contributed by atoms with Gasteiger partial charge in [0.15, 0.2) is 0 Å². The Balaban J connectivity index is 0.00000161. The van der Waals surface area contributed by atoms with E-state index in [1.54, 1.807) is 0 Å². The van der Waals surface area contributed by atoms with Crippen LogP contribution in [0.1, 0.15) is 30.4 Å². The number of carbonyl (C=O) groups is 1. The van der Waals surface area contributed by atoms with Crippen molar-refractivity contribution in [2.45, 2.75) is 44.8 Å². The number of anilines is 1. The van der Waals surface area contributed by atoms with Gasteiger partial charge in [-0.15, -0.1) is 12.4 Å². The molecule has 21 heavy (non-hydrogen) atoms. The van der Waals surface area contributed by atoms with Crippen molar-refractivity contribution in [3.8, 4) is 0 Å². The second-order valence-electron chi connectivity index (χ2n) is 5.79. The zero-order valence-corrected chi connectivity index (χ0v) is 13.2. The van der Waals surface area contributed by atoms with E-state index < -0.39 is 0 Å². The van der Waals surface area contributed by atoms with E-state index in [9.17, 15) is 4.79 Å². The van der Waals surface area contributed by atoms with Gasteiger partial charge in [-0.3, -0.25) is 4.79 Å². The van der Waals surface area contributed by atoms with Gasteiger partial charge in [-0.2, -0.15) is 0 Å². The number of amides is 1. The lowest BCUT2D eigenvalue weighted by atomic mass is 9.99. The Bertz CT molecular complexity index is 521. The van der Waals surface area contributed by atoms with Gasteiger partial charge in [0.25, 0.3) is 5.91 Å². The van der Waals surface area contributed by atoms with Gasteiger partial charge < -0.3 is 15.4 Å². The predicted octanol–water partition coefficient (Wildman–Crippen LogP) is 2.20. The standard InChI is InChI=1S/C16H22N2O2.ClH/c1-11-4-6-14-12(9-11)3-2-8-18(14)16(19)15-7-5-13(10-17)20-15;/h4,6,9,13,15H,2-3,5,7-8,10,17H2,1H3;1H/t13-,15+;/m1./s1. The fourth-order valence-corrected chi connectivity index (χ4v) is 3.19. The third kappa shape index (κ3) is 3.23. The van der Waals surface area contributed by atoms with Gasteiger partial charge in [-0.05, 0) is 44.2 Å². The Kier molecular flexibility index (Phi) is 5.25. The molecule has 1 amide bonds. The van der Waals surface area contributed by atoms with Crippen molar-refractivity contribution in [1.82, 2.24) is 0 Å². The summed E-state index contributed by atoms with van der Waals surface area (Å²) in [5, 5.41) is 0. The van der Waals surface area contributed by atoms with Gasteiger partial charge in [0.05, 0.1) is 6.10 Å². The molecule has 2 aliphatic heterocycles. The lowest BCUT2D eigenvalue weighted by Gasteiger charge is -2.31. The summed E-state index contributed by atoms with van der Waals surface area (Å²) in [5.74, 6) is 0.103. The van der Waals surface area contributed by atoms with Crippen molar-refractivity contribution in [3.05, 3.63) is 29.3 Å². The van der Waals surface area contributed by atoms with Crippen LogP contribution in [0.4, 0.5) is 5.69 Å². The van der Waals surface area contributed by atoms with E-state index >= 15 is 0 Å². The lowest BCUT2D eigenvalue weighted by Crippen LogP contribution is -2.42. The molecule has 1 aromatic rings. The van der Waals surface area contributed by atoms with Crippen LogP contribution in [-0.2, 0) is 16.0 Å². The average Bonchev–Trinajstić information content (AvgIpc) is 2.94. The molecule has 0 aromatic heterocycles. The molecule has 0 saturated carbocycles. The molecular weight excluding hydrogens is 288 g/mol. The number of carbonyl (C=O) groups excluding carboxylic acids is 1. The number of nitrogens with two attached hydrogens (primary N) is 1. The van der Waals surface area contributed by atoms with Crippen LogP contribution in [0.25, 0.3) is 0 Å². The van der Waals surface area contributed by atoms with Crippen molar-refractivity contribution in [2.24, 2.45) is 5.73 Å². The third-order valence-electron chi connectivity index (χ3n) is 4.27. The number of hydrogen-bond acceptors (Lipinski definition) is 3. The van der Waals surface area contributed by atoms with Gasteiger partial charge in [-0.1, -0.05) is 17.7 Å². The number of rotatable bonds is 2. The molecule has 1 aromatic carbocycles. The molecule has 4 nitrogen and oxygen atoms in total. The number of aryl methyl sites for hydroxylation is 2. The quantitative estimate of drug-likeness (QED) is 0.911. The topological polar surface area (TPSA) is 55.6 Å². The zero-order valence-electron chi connectivity index (χ0n) is 12.4. The van der Waals surface area contributed by atoms with Crippen LogP contribution in [0.3, 0.4) is 0 Å². The van der Waals surface area contributed by atoms with E-state index in [4.69, 9.17) is 10.5 Å². The molecular formula is C16H23ClN2O2. The summed E-state index contributed by atoms with van der Waals surface area (Å²) in [6, 6.07) is 6.33. The van der Waals surface area contributed by atoms with Crippen LogP contribution < -0.4 is 10.6 Å². The number of fused-ring (bicyclic) bond motifs is 1. The maximum absolute atomic E-state index is 12.7. The van der Waals surface area contributed by atoms with Crippen LogP contribution in [-0.4, -0.2) is 31.2 Å². The summed E-state index contributed by atoms with van der Waals surface area (Å²) < 4.78 is 5.75. The van der Waals surface area contributed by atoms with Gasteiger partial charge in [0, 0.05) is 18.8 Å². The summed E-state index contributed by atoms with van der Waals surface area (Å²) in [5.41, 5.74) is 9.20. The second-order valence-corrected chi connectivity index (χ2v) is 5.79. The highest BCUT2D eigenvalue weighted by Gasteiger charge is 2.34.